The Morgan fingerprint density at radius 2 is 2.06 bits per heavy atom. The molecule has 90 valence electrons. The number of hydrogen-bond donors (Lipinski definition) is 1. The van der Waals surface area contributed by atoms with Crippen LogP contribution in [0.25, 0.3) is 0 Å². The van der Waals surface area contributed by atoms with Gasteiger partial charge in [0.05, 0.1) is 6.61 Å². The Hall–Kier alpha value is -1.28. The van der Waals surface area contributed by atoms with Gasteiger partial charge in [0.1, 0.15) is 11.9 Å². The second kappa shape index (κ2) is 4.53. The average molecular weight is 230 g/mol. The molecule has 1 aliphatic carbocycles. The van der Waals surface area contributed by atoms with E-state index in [0.29, 0.717) is 5.92 Å². The summed E-state index contributed by atoms with van der Waals surface area (Å²) in [6, 6.07) is 8.55. The second-order valence-electron chi connectivity index (χ2n) is 4.96. The quantitative estimate of drug-likeness (QED) is 0.845. The van der Waals surface area contributed by atoms with Crippen molar-refractivity contribution in [2.75, 3.05) is 6.61 Å². The highest BCUT2D eigenvalue weighted by Gasteiger charge is 2.29. The van der Waals surface area contributed by atoms with Gasteiger partial charge in [-0.05, 0) is 42.4 Å². The normalized spacial score (nSPS) is 24.8. The van der Waals surface area contributed by atoms with E-state index in [1.165, 1.54) is 11.1 Å². The third-order valence-electron chi connectivity index (χ3n) is 3.86. The number of aliphatic hydroxyl groups excluding tert-OH is 1. The van der Waals surface area contributed by atoms with Gasteiger partial charge in [-0.15, -0.1) is 0 Å². The Bertz CT molecular complexity index is 436. The molecule has 1 aromatic carbocycles. The van der Waals surface area contributed by atoms with E-state index in [4.69, 9.17) is 4.74 Å². The molecule has 0 amide bonds. The van der Waals surface area contributed by atoms with Gasteiger partial charge >= 0.3 is 0 Å². The molecule has 0 radical (unpaired) electrons. The zero-order valence-electron chi connectivity index (χ0n) is 9.93. The minimum Gasteiger partial charge on any atom is -0.495 e. The molecule has 0 aromatic heterocycles. The lowest BCUT2D eigenvalue weighted by molar-refractivity contribution is 0.0685. The third-order valence-corrected chi connectivity index (χ3v) is 3.86. The molecule has 2 heteroatoms. The van der Waals surface area contributed by atoms with Crippen molar-refractivity contribution < 1.29 is 9.84 Å². The van der Waals surface area contributed by atoms with Crippen molar-refractivity contribution in [1.82, 2.24) is 0 Å². The van der Waals surface area contributed by atoms with E-state index < -0.39 is 6.10 Å². The van der Waals surface area contributed by atoms with Gasteiger partial charge in [-0.2, -0.15) is 0 Å². The Morgan fingerprint density at radius 3 is 2.82 bits per heavy atom. The zero-order chi connectivity index (χ0) is 11.7. The van der Waals surface area contributed by atoms with Crippen molar-refractivity contribution in [1.29, 1.82) is 0 Å². The van der Waals surface area contributed by atoms with Crippen molar-refractivity contribution in [3.63, 3.8) is 0 Å². The molecule has 0 spiro atoms. The molecule has 0 fully saturated rings. The highest BCUT2D eigenvalue weighted by Crippen LogP contribution is 2.31. The topological polar surface area (TPSA) is 29.5 Å². The van der Waals surface area contributed by atoms with Gasteiger partial charge in [0.25, 0.3) is 0 Å². The average Bonchev–Trinajstić information content (AvgIpc) is 2.91. The highest BCUT2D eigenvalue weighted by atomic mass is 16.5. The van der Waals surface area contributed by atoms with Crippen LogP contribution in [0.2, 0.25) is 0 Å². The summed E-state index contributed by atoms with van der Waals surface area (Å²) < 4.78 is 5.47. The summed E-state index contributed by atoms with van der Waals surface area (Å²) >= 11 is 0. The van der Waals surface area contributed by atoms with E-state index >= 15 is 0 Å². The van der Waals surface area contributed by atoms with Gasteiger partial charge in [-0.1, -0.05) is 24.3 Å². The van der Waals surface area contributed by atoms with Crippen LogP contribution in [0.1, 0.15) is 24.0 Å². The molecule has 1 heterocycles. The minimum absolute atomic E-state index is 0.314. The molecule has 2 nitrogen and oxygen atoms in total. The maximum absolute atomic E-state index is 10.3. The molecule has 0 bridgehead atoms. The van der Waals surface area contributed by atoms with Gasteiger partial charge in [0, 0.05) is 6.42 Å². The molecular formula is C15H18O2. The van der Waals surface area contributed by atoms with E-state index in [2.05, 4.69) is 24.3 Å². The summed E-state index contributed by atoms with van der Waals surface area (Å²) in [6.07, 6.45) is 5.66. The van der Waals surface area contributed by atoms with E-state index in [1.807, 2.05) is 6.08 Å². The largest absolute Gasteiger partial charge is 0.495 e. The molecule has 0 saturated heterocycles. The number of ether oxygens (including phenoxy) is 1. The second-order valence-corrected chi connectivity index (χ2v) is 4.96. The predicted molar refractivity (Wildman–Crippen MR) is 66.6 cm³/mol. The van der Waals surface area contributed by atoms with Gasteiger partial charge < -0.3 is 9.84 Å². The first-order valence-corrected chi connectivity index (χ1v) is 6.42. The molecule has 1 N–H and O–H groups in total. The number of aliphatic hydroxyl groups is 1. The van der Waals surface area contributed by atoms with E-state index in [9.17, 15) is 5.11 Å². The monoisotopic (exact) mass is 230 g/mol. The van der Waals surface area contributed by atoms with Gasteiger partial charge in [-0.25, -0.2) is 0 Å². The standard InChI is InChI=1S/C15H18O2/c16-15(14-6-3-9-17-14)13-8-7-11-4-1-2-5-12(11)10-13/h1-2,4-6,13,15-16H,3,7-10H2. The summed E-state index contributed by atoms with van der Waals surface area (Å²) in [5.41, 5.74) is 2.83. The summed E-state index contributed by atoms with van der Waals surface area (Å²) in [4.78, 5) is 0. The van der Waals surface area contributed by atoms with E-state index in [-0.39, 0.29) is 0 Å². The minimum atomic E-state index is -0.411. The van der Waals surface area contributed by atoms with E-state index in [0.717, 1.165) is 38.0 Å². The first-order valence-electron chi connectivity index (χ1n) is 6.42. The van der Waals surface area contributed by atoms with Crippen LogP contribution in [-0.4, -0.2) is 17.8 Å². The summed E-state index contributed by atoms with van der Waals surface area (Å²) in [5.74, 6) is 1.11. The summed E-state index contributed by atoms with van der Waals surface area (Å²) in [5, 5.41) is 10.3. The molecule has 0 saturated carbocycles. The van der Waals surface area contributed by atoms with Crippen LogP contribution in [-0.2, 0) is 17.6 Å². The van der Waals surface area contributed by atoms with Crippen molar-refractivity contribution >= 4 is 0 Å². The fourth-order valence-electron chi connectivity index (χ4n) is 2.87. The molecule has 3 rings (SSSR count). The first kappa shape index (κ1) is 10.8. The van der Waals surface area contributed by atoms with E-state index in [1.54, 1.807) is 0 Å². The molecule has 1 aliphatic heterocycles. The number of aryl methyl sites for hydroxylation is 1. The molecular weight excluding hydrogens is 212 g/mol. The van der Waals surface area contributed by atoms with Gasteiger partial charge in [0.2, 0.25) is 0 Å². The third kappa shape index (κ3) is 2.09. The van der Waals surface area contributed by atoms with Crippen LogP contribution in [0.4, 0.5) is 0 Å². The van der Waals surface area contributed by atoms with Crippen molar-refractivity contribution in [2.45, 2.75) is 31.8 Å². The van der Waals surface area contributed by atoms with Crippen LogP contribution in [0.5, 0.6) is 0 Å². The van der Waals surface area contributed by atoms with Crippen molar-refractivity contribution in [3.05, 3.63) is 47.2 Å². The number of rotatable bonds is 2. The predicted octanol–water partition coefficient (Wildman–Crippen LogP) is 2.46. The molecule has 2 aliphatic rings. The van der Waals surface area contributed by atoms with Crippen LogP contribution >= 0.6 is 0 Å². The Labute approximate surface area is 102 Å². The van der Waals surface area contributed by atoms with Gasteiger partial charge in [-0.3, -0.25) is 0 Å². The van der Waals surface area contributed by atoms with Crippen LogP contribution < -0.4 is 0 Å². The Morgan fingerprint density at radius 1 is 1.24 bits per heavy atom. The van der Waals surface area contributed by atoms with Crippen molar-refractivity contribution in [3.8, 4) is 0 Å². The molecule has 17 heavy (non-hydrogen) atoms. The molecule has 2 atom stereocenters. The molecule has 2 unspecified atom stereocenters. The van der Waals surface area contributed by atoms with Gasteiger partial charge in [0.15, 0.2) is 0 Å². The van der Waals surface area contributed by atoms with Crippen LogP contribution in [0.15, 0.2) is 36.1 Å². The summed E-state index contributed by atoms with van der Waals surface area (Å²) in [6.45, 7) is 0.732. The lowest BCUT2D eigenvalue weighted by Gasteiger charge is -2.28. The maximum atomic E-state index is 10.3. The molecule has 1 aromatic rings. The first-order chi connectivity index (χ1) is 8.34. The lowest BCUT2D eigenvalue weighted by Crippen LogP contribution is -2.28. The number of fused-ring (bicyclic) bond motifs is 1. The van der Waals surface area contributed by atoms with Crippen LogP contribution in [0.3, 0.4) is 0 Å². The fourth-order valence-corrected chi connectivity index (χ4v) is 2.87. The number of hydrogen-bond acceptors (Lipinski definition) is 2. The van der Waals surface area contributed by atoms with Crippen LogP contribution in [0, 0.1) is 5.92 Å². The summed E-state index contributed by atoms with van der Waals surface area (Å²) in [7, 11) is 0. The van der Waals surface area contributed by atoms with Crippen molar-refractivity contribution in [2.24, 2.45) is 5.92 Å². The fraction of sp³-hybridized carbons (Fsp3) is 0.467. The number of benzene rings is 1. The SMILES string of the molecule is OC(C1=CCCO1)C1CCc2ccccc2C1. The maximum Gasteiger partial charge on any atom is 0.121 e. The Balaban J connectivity index is 1.75. The zero-order valence-corrected chi connectivity index (χ0v) is 9.93. The highest BCUT2D eigenvalue weighted by molar-refractivity contribution is 5.30. The Kier molecular flexibility index (Phi) is 2.89. The smallest absolute Gasteiger partial charge is 0.121 e. The lowest BCUT2D eigenvalue weighted by atomic mass is 9.80.